The molecule has 1 atom stereocenters. The number of carbonyl (C=O) groups excluding carboxylic acids is 1. The number of aliphatic hydroxyl groups is 1. The van der Waals surface area contributed by atoms with Crippen molar-refractivity contribution in [2.75, 3.05) is 24.6 Å². The molecule has 26 heavy (non-hydrogen) atoms. The lowest BCUT2D eigenvalue weighted by atomic mass is 10.1. The minimum absolute atomic E-state index is 0.000176. The van der Waals surface area contributed by atoms with Gasteiger partial charge in [-0.15, -0.1) is 0 Å². The highest BCUT2D eigenvalue weighted by Crippen LogP contribution is 2.53. The quantitative estimate of drug-likeness (QED) is 0.765. The van der Waals surface area contributed by atoms with E-state index in [1.54, 1.807) is 0 Å². The van der Waals surface area contributed by atoms with E-state index in [1.807, 2.05) is 4.90 Å². The smallest absolute Gasteiger partial charge is 0.407 e. The number of alkyl carbamates (subject to hydrolysis) is 1. The molecule has 1 aromatic rings. The third-order valence-corrected chi connectivity index (χ3v) is 5.89. The van der Waals surface area contributed by atoms with Crippen molar-refractivity contribution in [3.05, 3.63) is 21.6 Å². The first-order valence-corrected chi connectivity index (χ1v) is 9.50. The Bertz CT molecular complexity index is 760. The van der Waals surface area contributed by atoms with Gasteiger partial charge >= 0.3 is 6.09 Å². The van der Waals surface area contributed by atoms with Crippen molar-refractivity contribution in [3.8, 4) is 0 Å². The van der Waals surface area contributed by atoms with E-state index in [0.717, 1.165) is 17.5 Å². The predicted molar refractivity (Wildman–Crippen MR) is 95.5 cm³/mol. The van der Waals surface area contributed by atoms with E-state index in [2.05, 4.69) is 10.4 Å². The van der Waals surface area contributed by atoms with E-state index in [1.165, 1.54) is 19.0 Å². The number of nitrogens with one attached hydrogen (secondary N) is 1. The summed E-state index contributed by atoms with van der Waals surface area (Å²) in [5, 5.41) is 16.1. The Morgan fingerprint density at radius 3 is 2.85 bits per heavy atom. The molecule has 2 saturated carbocycles. The minimum atomic E-state index is -0.430. The highest BCUT2D eigenvalue weighted by Gasteiger charge is 2.55. The van der Waals surface area contributed by atoms with Gasteiger partial charge in [-0.25, -0.2) is 9.48 Å². The Morgan fingerprint density at radius 1 is 1.42 bits per heavy atom. The number of nitrogens with zero attached hydrogens (tertiary/aromatic N) is 3. The molecule has 142 valence electrons. The van der Waals surface area contributed by atoms with Crippen LogP contribution in [0.4, 0.5) is 10.5 Å². The van der Waals surface area contributed by atoms with Crippen LogP contribution in [0.2, 0.25) is 5.02 Å². The van der Waals surface area contributed by atoms with Crippen LogP contribution < -0.4 is 15.8 Å². The maximum atomic E-state index is 12.2. The zero-order valence-electron chi connectivity index (χ0n) is 14.5. The summed E-state index contributed by atoms with van der Waals surface area (Å²) in [6.07, 6.45) is 6.12. The average Bonchev–Trinajstić information content (AvgIpc) is 3.52. The number of rotatable bonds is 6. The summed E-state index contributed by atoms with van der Waals surface area (Å²) in [6.45, 7) is 1.04. The molecule has 2 heterocycles. The number of halogens is 1. The number of anilines is 1. The normalized spacial score (nSPS) is 23.8. The van der Waals surface area contributed by atoms with Gasteiger partial charge in [0.1, 0.15) is 11.1 Å². The summed E-state index contributed by atoms with van der Waals surface area (Å²) in [6, 6.07) is 0. The van der Waals surface area contributed by atoms with E-state index in [9.17, 15) is 9.59 Å². The number of hydrogen-bond donors (Lipinski definition) is 2. The van der Waals surface area contributed by atoms with Gasteiger partial charge in [-0.1, -0.05) is 11.6 Å². The van der Waals surface area contributed by atoms with Crippen LogP contribution in [0.3, 0.4) is 0 Å². The van der Waals surface area contributed by atoms with Gasteiger partial charge in [0, 0.05) is 18.5 Å². The number of hydrogen-bond acceptors (Lipinski definition) is 6. The summed E-state index contributed by atoms with van der Waals surface area (Å²) < 4.78 is 6.71. The van der Waals surface area contributed by atoms with Gasteiger partial charge < -0.3 is 20.1 Å². The lowest BCUT2D eigenvalue weighted by Crippen LogP contribution is -2.41. The predicted octanol–water partition coefficient (Wildman–Crippen LogP) is 1.14. The molecule has 3 fully saturated rings. The molecular weight excluding hydrogens is 360 g/mol. The molecule has 2 aliphatic carbocycles. The average molecular weight is 383 g/mol. The van der Waals surface area contributed by atoms with Crippen molar-refractivity contribution in [2.45, 2.75) is 50.3 Å². The fourth-order valence-electron chi connectivity index (χ4n) is 3.76. The molecular formula is C17H23ClN4O4. The SMILES string of the molecule is O=C(NC1(C2CC2)CC1)OC1CCN(c2cnn(CCO)c(=O)c2Cl)C1. The second-order valence-corrected chi connectivity index (χ2v) is 7.79. The van der Waals surface area contributed by atoms with Gasteiger partial charge in [-0.05, 0) is 31.6 Å². The monoisotopic (exact) mass is 382 g/mol. The van der Waals surface area contributed by atoms with Crippen LogP contribution >= 0.6 is 11.6 Å². The molecule has 0 bridgehead atoms. The maximum absolute atomic E-state index is 12.2. The fraction of sp³-hybridized carbons (Fsp3) is 0.706. The molecule has 8 nitrogen and oxygen atoms in total. The van der Waals surface area contributed by atoms with E-state index in [-0.39, 0.29) is 35.9 Å². The molecule has 0 spiro atoms. The molecule has 1 amide bonds. The van der Waals surface area contributed by atoms with Crippen molar-refractivity contribution >= 4 is 23.4 Å². The van der Waals surface area contributed by atoms with Gasteiger partial charge in [-0.3, -0.25) is 4.79 Å². The van der Waals surface area contributed by atoms with Crippen LogP contribution in [-0.2, 0) is 11.3 Å². The number of aliphatic hydroxyl groups excluding tert-OH is 1. The third-order valence-electron chi connectivity index (χ3n) is 5.54. The number of aromatic nitrogens is 2. The van der Waals surface area contributed by atoms with Crippen molar-refractivity contribution in [3.63, 3.8) is 0 Å². The Kier molecular flexibility index (Phi) is 4.56. The largest absolute Gasteiger partial charge is 0.444 e. The Hall–Kier alpha value is -1.80. The van der Waals surface area contributed by atoms with Gasteiger partial charge in [0.2, 0.25) is 0 Å². The topological polar surface area (TPSA) is 96.7 Å². The van der Waals surface area contributed by atoms with Gasteiger partial charge in [0.05, 0.1) is 31.6 Å². The first-order chi connectivity index (χ1) is 12.5. The summed E-state index contributed by atoms with van der Waals surface area (Å²) in [4.78, 5) is 26.3. The number of ether oxygens (including phenoxy) is 1. The molecule has 2 N–H and O–H groups in total. The van der Waals surface area contributed by atoms with Crippen LogP contribution in [0.5, 0.6) is 0 Å². The molecule has 3 aliphatic rings. The van der Waals surface area contributed by atoms with Crippen LogP contribution in [0.25, 0.3) is 0 Å². The molecule has 0 radical (unpaired) electrons. The Labute approximate surface area is 156 Å². The van der Waals surface area contributed by atoms with Crippen molar-refractivity contribution < 1.29 is 14.6 Å². The molecule has 4 rings (SSSR count). The van der Waals surface area contributed by atoms with Gasteiger partial charge in [0.25, 0.3) is 5.56 Å². The highest BCUT2D eigenvalue weighted by molar-refractivity contribution is 6.33. The summed E-state index contributed by atoms with van der Waals surface area (Å²) in [7, 11) is 0. The minimum Gasteiger partial charge on any atom is -0.444 e. The molecule has 1 unspecified atom stereocenters. The van der Waals surface area contributed by atoms with Crippen LogP contribution in [0, 0.1) is 5.92 Å². The molecule has 0 aromatic carbocycles. The standard InChI is InChI=1S/C17H23ClN4O4/c18-14-13(9-19-22(7-8-23)15(14)24)21-6-3-12(10-21)26-16(25)20-17(4-5-17)11-1-2-11/h9,11-12,23H,1-8,10H2,(H,20,25). The number of amides is 1. The molecule has 9 heteroatoms. The lowest BCUT2D eigenvalue weighted by Gasteiger charge is -2.21. The fourth-order valence-corrected chi connectivity index (χ4v) is 4.03. The second kappa shape index (κ2) is 6.74. The summed E-state index contributed by atoms with van der Waals surface area (Å²) >= 11 is 6.19. The van der Waals surface area contributed by atoms with Crippen molar-refractivity contribution in [2.24, 2.45) is 5.92 Å². The molecule has 1 aliphatic heterocycles. The van der Waals surface area contributed by atoms with Crippen LogP contribution in [0.15, 0.2) is 11.0 Å². The molecule has 1 aromatic heterocycles. The zero-order valence-corrected chi connectivity index (χ0v) is 15.2. The highest BCUT2D eigenvalue weighted by atomic mass is 35.5. The van der Waals surface area contributed by atoms with Crippen molar-refractivity contribution in [1.29, 1.82) is 0 Å². The first kappa shape index (κ1) is 17.6. The maximum Gasteiger partial charge on any atom is 0.407 e. The first-order valence-electron chi connectivity index (χ1n) is 9.12. The van der Waals surface area contributed by atoms with Crippen LogP contribution in [-0.4, -0.2) is 52.3 Å². The van der Waals surface area contributed by atoms with E-state index in [4.69, 9.17) is 21.4 Å². The van der Waals surface area contributed by atoms with E-state index in [0.29, 0.717) is 31.1 Å². The Morgan fingerprint density at radius 2 is 2.19 bits per heavy atom. The van der Waals surface area contributed by atoms with E-state index < -0.39 is 5.56 Å². The van der Waals surface area contributed by atoms with E-state index >= 15 is 0 Å². The second-order valence-electron chi connectivity index (χ2n) is 7.41. The molecule has 1 saturated heterocycles. The lowest BCUT2D eigenvalue weighted by molar-refractivity contribution is 0.102. The van der Waals surface area contributed by atoms with Crippen molar-refractivity contribution in [1.82, 2.24) is 15.1 Å². The van der Waals surface area contributed by atoms with Crippen LogP contribution in [0.1, 0.15) is 32.1 Å². The third kappa shape index (κ3) is 3.40. The van der Waals surface area contributed by atoms with Gasteiger partial charge in [0.15, 0.2) is 0 Å². The summed E-state index contributed by atoms with van der Waals surface area (Å²) in [5.41, 5.74) is 0.106. The van der Waals surface area contributed by atoms with Gasteiger partial charge in [-0.2, -0.15) is 5.10 Å². The Balaban J connectivity index is 1.35. The summed E-state index contributed by atoms with van der Waals surface area (Å²) in [5.74, 6) is 0.630. The number of carbonyl (C=O) groups is 1. The zero-order chi connectivity index (χ0) is 18.3.